The molecule has 0 amide bonds. The lowest BCUT2D eigenvalue weighted by Crippen LogP contribution is -1.88. The van der Waals surface area contributed by atoms with E-state index in [1.807, 2.05) is 13.1 Å². The summed E-state index contributed by atoms with van der Waals surface area (Å²) in [6.07, 6.45) is 5.63. The van der Waals surface area contributed by atoms with Crippen LogP contribution < -0.4 is 0 Å². The molecule has 0 radical (unpaired) electrons. The van der Waals surface area contributed by atoms with Gasteiger partial charge in [-0.25, -0.2) is 0 Å². The molecule has 1 aromatic heterocycles. The molecule has 0 spiro atoms. The van der Waals surface area contributed by atoms with Crippen molar-refractivity contribution in [2.75, 3.05) is 0 Å². The molecule has 1 nitrogen and oxygen atoms in total. The number of hydrogen-bond acceptors (Lipinski definition) is 1. The van der Waals surface area contributed by atoms with Crippen LogP contribution in [0.5, 0.6) is 0 Å². The molecule has 1 heteroatoms. The van der Waals surface area contributed by atoms with Crippen LogP contribution in [0.4, 0.5) is 0 Å². The average Bonchev–Trinajstić information content (AvgIpc) is 2.90. The molecule has 90 valence electrons. The third-order valence-corrected chi connectivity index (χ3v) is 3.60. The van der Waals surface area contributed by atoms with E-state index in [1.165, 1.54) is 41.5 Å². The Kier molecular flexibility index (Phi) is 2.97. The van der Waals surface area contributed by atoms with Crippen LogP contribution in [0.3, 0.4) is 0 Å². The highest BCUT2D eigenvalue weighted by Crippen LogP contribution is 2.39. The maximum Gasteiger partial charge on any atom is 0.0373 e. The number of hydrogen-bond donors (Lipinski definition) is 0. The summed E-state index contributed by atoms with van der Waals surface area (Å²) in [5.41, 5.74) is 6.72. The van der Waals surface area contributed by atoms with E-state index in [4.69, 9.17) is 0 Å². The zero-order valence-electron chi connectivity index (χ0n) is 10.7. The standard InChI is InChI=1S/C17H17N/c1-13-10-11-15(12-18-13)17-9-5-8-16(17)14-6-3-2-4-7-14/h2-4,6-7,10-12H,5,8-9H2,1H3. The van der Waals surface area contributed by atoms with Gasteiger partial charge >= 0.3 is 0 Å². The minimum absolute atomic E-state index is 1.08. The lowest BCUT2D eigenvalue weighted by atomic mass is 9.98. The number of benzene rings is 1. The van der Waals surface area contributed by atoms with Crippen LogP contribution in [0.25, 0.3) is 11.1 Å². The minimum Gasteiger partial charge on any atom is -0.261 e. The Morgan fingerprint density at radius 1 is 0.833 bits per heavy atom. The minimum atomic E-state index is 1.08. The molecule has 0 N–H and O–H groups in total. The molecule has 1 aromatic carbocycles. The van der Waals surface area contributed by atoms with Crippen molar-refractivity contribution in [2.45, 2.75) is 26.2 Å². The molecule has 0 unspecified atom stereocenters. The molecule has 18 heavy (non-hydrogen) atoms. The third-order valence-electron chi connectivity index (χ3n) is 3.60. The molecule has 0 aliphatic heterocycles. The second-order valence-corrected chi connectivity index (χ2v) is 4.86. The Morgan fingerprint density at radius 3 is 2.22 bits per heavy atom. The first-order valence-corrected chi connectivity index (χ1v) is 6.55. The smallest absolute Gasteiger partial charge is 0.0373 e. The number of aromatic nitrogens is 1. The van der Waals surface area contributed by atoms with E-state index in [0.29, 0.717) is 0 Å². The first-order chi connectivity index (χ1) is 8.84. The zero-order valence-corrected chi connectivity index (χ0v) is 10.7. The van der Waals surface area contributed by atoms with Crippen molar-refractivity contribution >= 4 is 11.1 Å². The van der Waals surface area contributed by atoms with Crippen molar-refractivity contribution in [3.05, 3.63) is 65.5 Å². The molecule has 0 saturated heterocycles. The van der Waals surface area contributed by atoms with E-state index in [0.717, 1.165) is 5.69 Å². The van der Waals surface area contributed by atoms with Gasteiger partial charge in [0.15, 0.2) is 0 Å². The summed E-state index contributed by atoms with van der Waals surface area (Å²) in [4.78, 5) is 4.42. The van der Waals surface area contributed by atoms with Gasteiger partial charge in [-0.3, -0.25) is 4.98 Å². The van der Waals surface area contributed by atoms with E-state index in [-0.39, 0.29) is 0 Å². The number of rotatable bonds is 2. The largest absolute Gasteiger partial charge is 0.261 e. The van der Waals surface area contributed by atoms with Crippen LogP contribution in [0.1, 0.15) is 36.1 Å². The van der Waals surface area contributed by atoms with Crippen molar-refractivity contribution in [2.24, 2.45) is 0 Å². The molecule has 3 rings (SSSR count). The van der Waals surface area contributed by atoms with Gasteiger partial charge in [0.2, 0.25) is 0 Å². The molecule has 1 aliphatic carbocycles. The highest BCUT2D eigenvalue weighted by atomic mass is 14.7. The van der Waals surface area contributed by atoms with E-state index >= 15 is 0 Å². The number of allylic oxidation sites excluding steroid dienone is 2. The molecular weight excluding hydrogens is 218 g/mol. The van der Waals surface area contributed by atoms with Crippen molar-refractivity contribution < 1.29 is 0 Å². The van der Waals surface area contributed by atoms with Gasteiger partial charge in [-0.05, 0) is 54.5 Å². The van der Waals surface area contributed by atoms with Crippen LogP contribution in [0.15, 0.2) is 48.7 Å². The van der Waals surface area contributed by atoms with E-state index in [9.17, 15) is 0 Å². The summed E-state index contributed by atoms with van der Waals surface area (Å²) in [6, 6.07) is 15.0. The molecular formula is C17H17N. The normalized spacial score (nSPS) is 15.2. The van der Waals surface area contributed by atoms with Crippen LogP contribution >= 0.6 is 0 Å². The molecule has 0 bridgehead atoms. The Morgan fingerprint density at radius 2 is 1.56 bits per heavy atom. The van der Waals surface area contributed by atoms with Crippen molar-refractivity contribution in [1.29, 1.82) is 0 Å². The molecule has 2 aromatic rings. The van der Waals surface area contributed by atoms with Crippen LogP contribution in [-0.2, 0) is 0 Å². The molecule has 1 aliphatic rings. The topological polar surface area (TPSA) is 12.9 Å². The zero-order chi connectivity index (χ0) is 12.4. The maximum absolute atomic E-state index is 4.42. The third kappa shape index (κ3) is 2.08. The average molecular weight is 235 g/mol. The number of nitrogens with zero attached hydrogens (tertiary/aromatic N) is 1. The number of aryl methyl sites for hydroxylation is 1. The first-order valence-electron chi connectivity index (χ1n) is 6.55. The molecule has 0 saturated carbocycles. The highest BCUT2D eigenvalue weighted by Gasteiger charge is 2.17. The molecule has 1 heterocycles. The van der Waals surface area contributed by atoms with Crippen molar-refractivity contribution in [1.82, 2.24) is 4.98 Å². The summed E-state index contributed by atoms with van der Waals surface area (Å²) in [5, 5.41) is 0. The second kappa shape index (κ2) is 4.77. The van der Waals surface area contributed by atoms with Crippen LogP contribution in [-0.4, -0.2) is 4.98 Å². The predicted molar refractivity (Wildman–Crippen MR) is 76.1 cm³/mol. The van der Waals surface area contributed by atoms with E-state index in [2.05, 4.69) is 47.4 Å². The molecule has 0 atom stereocenters. The summed E-state index contributed by atoms with van der Waals surface area (Å²) in [6.45, 7) is 2.03. The van der Waals surface area contributed by atoms with Gasteiger partial charge in [0.05, 0.1) is 0 Å². The van der Waals surface area contributed by atoms with Gasteiger partial charge < -0.3 is 0 Å². The summed E-state index contributed by atoms with van der Waals surface area (Å²) in [5.74, 6) is 0. The highest BCUT2D eigenvalue weighted by molar-refractivity contribution is 5.92. The Labute approximate surface area is 108 Å². The van der Waals surface area contributed by atoms with Crippen LogP contribution in [0, 0.1) is 6.92 Å². The van der Waals surface area contributed by atoms with Crippen LogP contribution in [0.2, 0.25) is 0 Å². The van der Waals surface area contributed by atoms with E-state index < -0.39 is 0 Å². The van der Waals surface area contributed by atoms with Gasteiger partial charge in [-0.1, -0.05) is 36.4 Å². The lowest BCUT2D eigenvalue weighted by Gasteiger charge is -2.08. The number of pyridine rings is 1. The fraction of sp³-hybridized carbons (Fsp3) is 0.235. The monoisotopic (exact) mass is 235 g/mol. The SMILES string of the molecule is Cc1ccc(C2=C(c3ccccc3)CCC2)cn1. The Bertz CT molecular complexity index is 564. The predicted octanol–water partition coefficient (Wildman–Crippen LogP) is 4.48. The molecule has 0 fully saturated rings. The van der Waals surface area contributed by atoms with Gasteiger partial charge in [0.1, 0.15) is 0 Å². The Balaban J connectivity index is 2.06. The van der Waals surface area contributed by atoms with Crippen molar-refractivity contribution in [3.63, 3.8) is 0 Å². The van der Waals surface area contributed by atoms with E-state index in [1.54, 1.807) is 0 Å². The summed E-state index contributed by atoms with van der Waals surface area (Å²) in [7, 11) is 0. The van der Waals surface area contributed by atoms with Gasteiger partial charge in [0.25, 0.3) is 0 Å². The quantitative estimate of drug-likeness (QED) is 0.747. The lowest BCUT2D eigenvalue weighted by molar-refractivity contribution is 0.941. The van der Waals surface area contributed by atoms with Crippen molar-refractivity contribution in [3.8, 4) is 0 Å². The fourth-order valence-corrected chi connectivity index (χ4v) is 2.67. The fourth-order valence-electron chi connectivity index (χ4n) is 2.67. The maximum atomic E-state index is 4.42. The summed E-state index contributed by atoms with van der Waals surface area (Å²) >= 11 is 0. The van der Waals surface area contributed by atoms with Gasteiger partial charge in [-0.2, -0.15) is 0 Å². The van der Waals surface area contributed by atoms with Gasteiger partial charge in [0, 0.05) is 11.9 Å². The second-order valence-electron chi connectivity index (χ2n) is 4.86. The first kappa shape index (κ1) is 11.2. The summed E-state index contributed by atoms with van der Waals surface area (Å²) < 4.78 is 0. The Hall–Kier alpha value is -1.89. The van der Waals surface area contributed by atoms with Gasteiger partial charge in [-0.15, -0.1) is 0 Å².